The highest BCUT2D eigenvalue weighted by Gasteiger charge is 2.50. The molecule has 2 N–H and O–H groups in total. The Balaban J connectivity index is 1.71. The van der Waals surface area contributed by atoms with Crippen LogP contribution < -0.4 is 0 Å². The number of fused-ring (bicyclic) bond motifs is 1. The zero-order chi connectivity index (χ0) is 21.2. The molecule has 0 saturated heterocycles. The van der Waals surface area contributed by atoms with Gasteiger partial charge in [0.1, 0.15) is 0 Å². The highest BCUT2D eigenvalue weighted by atomic mass is 16.3. The first-order valence-electron chi connectivity index (χ1n) is 12.2. The Morgan fingerprint density at radius 3 is 2.62 bits per heavy atom. The third kappa shape index (κ3) is 5.07. The monoisotopic (exact) mass is 400 g/mol. The van der Waals surface area contributed by atoms with Gasteiger partial charge in [0.15, 0.2) is 0 Å². The van der Waals surface area contributed by atoms with Crippen LogP contribution in [0.2, 0.25) is 0 Å². The number of aliphatic hydroxyl groups excluding tert-OH is 2. The Bertz CT molecular complexity index is 643. The van der Waals surface area contributed by atoms with Crippen molar-refractivity contribution in [3.63, 3.8) is 0 Å². The SMILES string of the molecule is C=C1C(=C/C=C2\CCC[C@]3(C)[C@@H]([C@H](C)CCCC(C)C)CC[C@@H]23)C[C@H](O)C[C@@H]1O. The minimum absolute atomic E-state index is 0.420. The lowest BCUT2D eigenvalue weighted by atomic mass is 9.60. The molecule has 0 amide bonds. The molecule has 0 heterocycles. The van der Waals surface area contributed by atoms with Gasteiger partial charge in [-0.1, -0.05) is 71.3 Å². The van der Waals surface area contributed by atoms with Gasteiger partial charge < -0.3 is 10.2 Å². The Morgan fingerprint density at radius 1 is 1.14 bits per heavy atom. The quantitative estimate of drug-likeness (QED) is 0.528. The van der Waals surface area contributed by atoms with Gasteiger partial charge in [0.05, 0.1) is 12.2 Å². The van der Waals surface area contributed by atoms with Crippen LogP contribution in [0.25, 0.3) is 0 Å². The lowest BCUT2D eigenvalue weighted by Gasteiger charge is -2.44. The average molecular weight is 401 g/mol. The number of allylic oxidation sites excluding steroid dienone is 3. The maximum atomic E-state index is 10.1. The van der Waals surface area contributed by atoms with E-state index in [0.717, 1.165) is 28.9 Å². The number of aliphatic hydroxyl groups is 2. The summed E-state index contributed by atoms with van der Waals surface area (Å²) in [5.74, 6) is 3.20. The van der Waals surface area contributed by atoms with E-state index in [1.165, 1.54) is 51.4 Å². The van der Waals surface area contributed by atoms with Crippen LogP contribution in [0.1, 0.15) is 91.9 Å². The second-order valence-electron chi connectivity index (χ2n) is 11.0. The smallest absolute Gasteiger partial charge is 0.0811 e. The summed E-state index contributed by atoms with van der Waals surface area (Å²) < 4.78 is 0. The van der Waals surface area contributed by atoms with Crippen molar-refractivity contribution in [3.05, 3.63) is 35.5 Å². The van der Waals surface area contributed by atoms with Crippen molar-refractivity contribution in [2.45, 2.75) is 104 Å². The summed E-state index contributed by atoms with van der Waals surface area (Å²) in [6.07, 6.45) is 15.2. The van der Waals surface area contributed by atoms with Crippen molar-refractivity contribution in [3.8, 4) is 0 Å². The van der Waals surface area contributed by atoms with Gasteiger partial charge in [-0.05, 0) is 78.8 Å². The molecule has 0 aliphatic heterocycles. The lowest BCUT2D eigenvalue weighted by molar-refractivity contribution is 0.0861. The van der Waals surface area contributed by atoms with Crippen LogP contribution in [-0.2, 0) is 0 Å². The average Bonchev–Trinajstić information content (AvgIpc) is 3.00. The molecule has 0 bridgehead atoms. The van der Waals surface area contributed by atoms with Gasteiger partial charge in [-0.15, -0.1) is 0 Å². The first-order valence-corrected chi connectivity index (χ1v) is 12.2. The summed E-state index contributed by atoms with van der Waals surface area (Å²) in [6.45, 7) is 13.8. The standard InChI is InChI=1S/C27H44O2/c1-18(2)8-6-9-19(3)24-13-14-25-21(10-7-15-27(24,25)5)11-12-22-16-23(28)17-26(29)20(22)4/h11-12,18-19,23-26,28-29H,4,6-10,13-17H2,1-3,5H3/b21-11+,22-12?/t19-,23+,24-,25+,26+,27-/m1/s1. The van der Waals surface area contributed by atoms with Crippen molar-refractivity contribution in [1.29, 1.82) is 0 Å². The predicted octanol–water partition coefficient (Wildman–Crippen LogP) is 6.59. The van der Waals surface area contributed by atoms with E-state index in [-0.39, 0.29) is 0 Å². The molecule has 0 spiro atoms. The molecular formula is C27H44O2. The van der Waals surface area contributed by atoms with E-state index < -0.39 is 12.2 Å². The lowest BCUT2D eigenvalue weighted by Crippen LogP contribution is -2.36. The van der Waals surface area contributed by atoms with Crippen LogP contribution in [0.15, 0.2) is 35.5 Å². The van der Waals surface area contributed by atoms with E-state index in [1.807, 2.05) is 0 Å². The Labute approximate surface area is 179 Å². The number of hydrogen-bond acceptors (Lipinski definition) is 2. The van der Waals surface area contributed by atoms with E-state index >= 15 is 0 Å². The minimum atomic E-state index is -0.595. The van der Waals surface area contributed by atoms with E-state index in [9.17, 15) is 10.2 Å². The van der Waals surface area contributed by atoms with Crippen LogP contribution >= 0.6 is 0 Å². The van der Waals surface area contributed by atoms with Crippen LogP contribution in [-0.4, -0.2) is 22.4 Å². The summed E-state index contributed by atoms with van der Waals surface area (Å²) in [4.78, 5) is 0. The van der Waals surface area contributed by atoms with Crippen molar-refractivity contribution in [2.24, 2.45) is 29.1 Å². The third-order valence-electron chi connectivity index (χ3n) is 8.43. The molecule has 0 radical (unpaired) electrons. The Hall–Kier alpha value is -0.860. The van der Waals surface area contributed by atoms with Crippen LogP contribution in [0.5, 0.6) is 0 Å². The van der Waals surface area contributed by atoms with Gasteiger partial charge in [0.25, 0.3) is 0 Å². The molecule has 164 valence electrons. The van der Waals surface area contributed by atoms with E-state index in [2.05, 4.69) is 46.4 Å². The molecule has 2 nitrogen and oxygen atoms in total. The van der Waals surface area contributed by atoms with E-state index in [4.69, 9.17) is 0 Å². The molecule has 6 atom stereocenters. The van der Waals surface area contributed by atoms with Gasteiger partial charge in [0.2, 0.25) is 0 Å². The van der Waals surface area contributed by atoms with Crippen molar-refractivity contribution in [1.82, 2.24) is 0 Å². The fourth-order valence-corrected chi connectivity index (χ4v) is 6.73. The van der Waals surface area contributed by atoms with Crippen LogP contribution in [0.4, 0.5) is 0 Å². The maximum Gasteiger partial charge on any atom is 0.0811 e. The highest BCUT2D eigenvalue weighted by Crippen LogP contribution is 2.59. The molecule has 3 saturated carbocycles. The Morgan fingerprint density at radius 2 is 1.90 bits per heavy atom. The Kier molecular flexibility index (Phi) is 7.49. The first kappa shape index (κ1) is 22.8. The normalized spacial score (nSPS) is 39.3. The topological polar surface area (TPSA) is 40.5 Å². The molecule has 0 aromatic heterocycles. The summed E-state index contributed by atoms with van der Waals surface area (Å²) in [5.41, 5.74) is 3.88. The first-order chi connectivity index (χ1) is 13.7. The maximum absolute atomic E-state index is 10.1. The molecular weight excluding hydrogens is 356 g/mol. The molecule has 3 aliphatic carbocycles. The molecule has 3 fully saturated rings. The summed E-state index contributed by atoms with van der Waals surface area (Å²) >= 11 is 0. The minimum Gasteiger partial charge on any atom is -0.393 e. The molecule has 0 unspecified atom stereocenters. The van der Waals surface area contributed by atoms with Gasteiger partial charge >= 0.3 is 0 Å². The van der Waals surface area contributed by atoms with Crippen molar-refractivity contribution < 1.29 is 10.2 Å². The summed E-state index contributed by atoms with van der Waals surface area (Å²) in [7, 11) is 0. The van der Waals surface area contributed by atoms with Crippen LogP contribution in [0.3, 0.4) is 0 Å². The fraction of sp³-hybridized carbons (Fsp3) is 0.778. The predicted molar refractivity (Wildman–Crippen MR) is 123 cm³/mol. The zero-order valence-corrected chi connectivity index (χ0v) is 19.3. The fourth-order valence-electron chi connectivity index (χ4n) is 6.73. The van der Waals surface area contributed by atoms with Crippen molar-refractivity contribution in [2.75, 3.05) is 0 Å². The molecule has 3 aliphatic rings. The summed E-state index contributed by atoms with van der Waals surface area (Å²) in [6, 6.07) is 0. The zero-order valence-electron chi connectivity index (χ0n) is 19.3. The van der Waals surface area contributed by atoms with Crippen molar-refractivity contribution >= 4 is 0 Å². The molecule has 2 heteroatoms. The second-order valence-corrected chi connectivity index (χ2v) is 11.0. The van der Waals surface area contributed by atoms with Gasteiger partial charge in [-0.25, -0.2) is 0 Å². The molecule has 29 heavy (non-hydrogen) atoms. The van der Waals surface area contributed by atoms with Gasteiger partial charge in [-0.2, -0.15) is 0 Å². The highest BCUT2D eigenvalue weighted by molar-refractivity contribution is 5.38. The van der Waals surface area contributed by atoms with Gasteiger partial charge in [0, 0.05) is 6.42 Å². The largest absolute Gasteiger partial charge is 0.393 e. The number of hydrogen-bond donors (Lipinski definition) is 2. The molecule has 3 rings (SSSR count). The van der Waals surface area contributed by atoms with E-state index in [0.29, 0.717) is 24.2 Å². The van der Waals surface area contributed by atoms with Crippen LogP contribution in [0, 0.1) is 29.1 Å². The van der Waals surface area contributed by atoms with Gasteiger partial charge in [-0.3, -0.25) is 0 Å². The molecule has 0 aromatic carbocycles. The third-order valence-corrected chi connectivity index (χ3v) is 8.43. The molecule has 0 aromatic rings. The second kappa shape index (κ2) is 9.52. The van der Waals surface area contributed by atoms with E-state index in [1.54, 1.807) is 5.57 Å². The number of rotatable bonds is 6. The summed E-state index contributed by atoms with van der Waals surface area (Å²) in [5, 5.41) is 20.2.